The summed E-state index contributed by atoms with van der Waals surface area (Å²) in [4.78, 5) is 30.9. The van der Waals surface area contributed by atoms with Crippen LogP contribution in [0.2, 0.25) is 0 Å². The Labute approximate surface area is 205 Å². The first-order valence-electron chi connectivity index (χ1n) is 11.6. The summed E-state index contributed by atoms with van der Waals surface area (Å²) in [5.41, 5.74) is 0.466. The van der Waals surface area contributed by atoms with E-state index in [1.165, 1.54) is 11.0 Å². The normalized spacial score (nSPS) is 18.7. The SMILES string of the molecule is O=C1CC(C(=O)N2CCN(c3nnnn3-c3ccccc3)CC2)CN1Cc1cccc(C(F)(F)F)c1. The summed E-state index contributed by atoms with van der Waals surface area (Å²) in [5, 5.41) is 12.0. The number of tetrazole rings is 1. The molecule has 1 atom stereocenters. The lowest BCUT2D eigenvalue weighted by molar-refractivity contribution is -0.137. The summed E-state index contributed by atoms with van der Waals surface area (Å²) < 4.78 is 40.7. The van der Waals surface area contributed by atoms with Gasteiger partial charge in [-0.25, -0.2) is 0 Å². The molecule has 0 spiro atoms. The summed E-state index contributed by atoms with van der Waals surface area (Å²) in [5.74, 6) is -0.260. The first kappa shape index (κ1) is 23.8. The molecule has 2 fully saturated rings. The number of benzene rings is 2. The van der Waals surface area contributed by atoms with Crippen LogP contribution < -0.4 is 4.90 Å². The largest absolute Gasteiger partial charge is 0.416 e. The van der Waals surface area contributed by atoms with Gasteiger partial charge in [-0.15, -0.1) is 0 Å². The number of halogens is 3. The van der Waals surface area contributed by atoms with Gasteiger partial charge in [0.15, 0.2) is 0 Å². The number of alkyl halides is 3. The number of amides is 2. The third kappa shape index (κ3) is 4.88. The van der Waals surface area contributed by atoms with E-state index >= 15 is 0 Å². The smallest absolute Gasteiger partial charge is 0.339 e. The van der Waals surface area contributed by atoms with Gasteiger partial charge in [0, 0.05) is 45.7 Å². The minimum Gasteiger partial charge on any atom is -0.339 e. The number of nitrogens with zero attached hydrogens (tertiary/aromatic N) is 7. The van der Waals surface area contributed by atoms with E-state index in [-0.39, 0.29) is 31.3 Å². The van der Waals surface area contributed by atoms with Crippen molar-refractivity contribution in [3.8, 4) is 5.69 Å². The Kier molecular flexibility index (Phi) is 6.33. The molecule has 0 N–H and O–H groups in total. The second-order valence-electron chi connectivity index (χ2n) is 8.91. The van der Waals surface area contributed by atoms with Crippen LogP contribution in [0.15, 0.2) is 54.6 Å². The topological polar surface area (TPSA) is 87.5 Å². The average Bonchev–Trinajstić information content (AvgIpc) is 3.51. The summed E-state index contributed by atoms with van der Waals surface area (Å²) in [6.07, 6.45) is -4.39. The third-order valence-corrected chi connectivity index (χ3v) is 6.52. The number of carbonyl (C=O) groups is 2. The zero-order valence-corrected chi connectivity index (χ0v) is 19.3. The van der Waals surface area contributed by atoms with Gasteiger partial charge in [-0.3, -0.25) is 9.59 Å². The van der Waals surface area contributed by atoms with Crippen LogP contribution in [0.25, 0.3) is 5.69 Å². The first-order chi connectivity index (χ1) is 17.3. The molecule has 9 nitrogen and oxygen atoms in total. The van der Waals surface area contributed by atoms with Crippen LogP contribution in [0.3, 0.4) is 0 Å². The molecule has 188 valence electrons. The van der Waals surface area contributed by atoms with Gasteiger partial charge < -0.3 is 14.7 Å². The summed E-state index contributed by atoms with van der Waals surface area (Å²) in [6, 6.07) is 14.4. The van der Waals surface area contributed by atoms with Gasteiger partial charge in [0.25, 0.3) is 0 Å². The predicted molar refractivity (Wildman–Crippen MR) is 123 cm³/mol. The van der Waals surface area contributed by atoms with Crippen LogP contribution in [-0.4, -0.2) is 74.5 Å². The van der Waals surface area contributed by atoms with Crippen LogP contribution in [0.1, 0.15) is 17.5 Å². The Balaban J connectivity index is 1.18. The third-order valence-electron chi connectivity index (χ3n) is 6.52. The summed E-state index contributed by atoms with van der Waals surface area (Å²) in [6.45, 7) is 2.22. The number of piperazine rings is 1. The van der Waals surface area contributed by atoms with E-state index in [4.69, 9.17) is 0 Å². The first-order valence-corrected chi connectivity index (χ1v) is 11.6. The molecule has 0 aliphatic carbocycles. The molecule has 5 rings (SSSR count). The Morgan fingerprint density at radius 1 is 1.00 bits per heavy atom. The molecular weight excluding hydrogens is 475 g/mol. The molecule has 36 heavy (non-hydrogen) atoms. The van der Waals surface area contributed by atoms with Crippen LogP contribution >= 0.6 is 0 Å². The monoisotopic (exact) mass is 499 g/mol. The molecule has 1 aromatic heterocycles. The maximum atomic E-state index is 13.1. The number of para-hydroxylation sites is 1. The zero-order valence-electron chi connectivity index (χ0n) is 19.3. The number of rotatable bonds is 5. The summed E-state index contributed by atoms with van der Waals surface area (Å²) >= 11 is 0. The Bertz CT molecular complexity index is 1240. The maximum Gasteiger partial charge on any atom is 0.416 e. The highest BCUT2D eigenvalue weighted by molar-refractivity contribution is 5.89. The maximum absolute atomic E-state index is 13.1. The lowest BCUT2D eigenvalue weighted by Crippen LogP contribution is -2.51. The van der Waals surface area contributed by atoms with E-state index in [0.717, 1.165) is 17.8 Å². The van der Waals surface area contributed by atoms with Crippen molar-refractivity contribution in [2.45, 2.75) is 19.1 Å². The van der Waals surface area contributed by atoms with E-state index < -0.39 is 17.7 Å². The molecule has 2 saturated heterocycles. The minimum atomic E-state index is -4.45. The molecular formula is C24H24F3N7O2. The van der Waals surface area contributed by atoms with Crippen molar-refractivity contribution in [2.75, 3.05) is 37.6 Å². The Morgan fingerprint density at radius 2 is 1.75 bits per heavy atom. The van der Waals surface area contributed by atoms with E-state index in [0.29, 0.717) is 37.7 Å². The fourth-order valence-corrected chi connectivity index (χ4v) is 4.66. The van der Waals surface area contributed by atoms with E-state index in [1.807, 2.05) is 35.2 Å². The number of carbonyl (C=O) groups excluding carboxylic acids is 2. The zero-order chi connectivity index (χ0) is 25.3. The second kappa shape index (κ2) is 9.59. The van der Waals surface area contributed by atoms with Gasteiger partial charge in [0.2, 0.25) is 17.8 Å². The molecule has 0 bridgehead atoms. The van der Waals surface area contributed by atoms with Gasteiger partial charge in [-0.05, 0) is 40.3 Å². The van der Waals surface area contributed by atoms with Crippen molar-refractivity contribution >= 4 is 17.8 Å². The number of hydrogen-bond acceptors (Lipinski definition) is 6. The number of aromatic nitrogens is 4. The molecule has 2 amide bonds. The van der Waals surface area contributed by atoms with Gasteiger partial charge in [-0.1, -0.05) is 35.4 Å². The van der Waals surface area contributed by atoms with Crippen LogP contribution in [-0.2, 0) is 22.3 Å². The highest BCUT2D eigenvalue weighted by atomic mass is 19.4. The van der Waals surface area contributed by atoms with E-state index in [2.05, 4.69) is 15.5 Å². The standard InChI is InChI=1S/C24H24F3N7O2/c25-24(26,27)19-6-4-5-17(13-19)15-33-16-18(14-21(33)35)22(36)31-9-11-32(12-10-31)23-28-29-30-34(23)20-7-2-1-3-8-20/h1-8,13,18H,9-12,14-16H2. The Morgan fingerprint density at radius 3 is 2.47 bits per heavy atom. The molecule has 12 heteroatoms. The number of anilines is 1. The lowest BCUT2D eigenvalue weighted by Gasteiger charge is -2.35. The van der Waals surface area contributed by atoms with E-state index in [1.54, 1.807) is 15.6 Å². The predicted octanol–water partition coefficient (Wildman–Crippen LogP) is 2.38. The van der Waals surface area contributed by atoms with Gasteiger partial charge in [-0.2, -0.15) is 17.9 Å². The molecule has 1 unspecified atom stereocenters. The number of hydrogen-bond donors (Lipinski definition) is 0. The van der Waals surface area contributed by atoms with Crippen LogP contribution in [0, 0.1) is 5.92 Å². The molecule has 3 aromatic rings. The van der Waals surface area contributed by atoms with Crippen LogP contribution in [0.5, 0.6) is 0 Å². The molecule has 2 aromatic carbocycles. The fourth-order valence-electron chi connectivity index (χ4n) is 4.66. The second-order valence-corrected chi connectivity index (χ2v) is 8.91. The average molecular weight is 499 g/mol. The highest BCUT2D eigenvalue weighted by Gasteiger charge is 2.38. The highest BCUT2D eigenvalue weighted by Crippen LogP contribution is 2.30. The van der Waals surface area contributed by atoms with Gasteiger partial charge >= 0.3 is 6.18 Å². The molecule has 0 saturated carbocycles. The molecule has 2 aliphatic rings. The van der Waals surface area contributed by atoms with Crippen molar-refractivity contribution < 1.29 is 22.8 Å². The minimum absolute atomic E-state index is 0.0441. The van der Waals surface area contributed by atoms with Crippen molar-refractivity contribution in [2.24, 2.45) is 5.92 Å². The van der Waals surface area contributed by atoms with Crippen LogP contribution in [0.4, 0.5) is 19.1 Å². The van der Waals surface area contributed by atoms with Crippen molar-refractivity contribution in [1.29, 1.82) is 0 Å². The van der Waals surface area contributed by atoms with Crippen molar-refractivity contribution in [3.05, 3.63) is 65.7 Å². The Hall–Kier alpha value is -3.96. The quantitative estimate of drug-likeness (QED) is 0.536. The molecule has 3 heterocycles. The van der Waals surface area contributed by atoms with Crippen molar-refractivity contribution in [1.82, 2.24) is 30.0 Å². The van der Waals surface area contributed by atoms with E-state index in [9.17, 15) is 22.8 Å². The molecule has 0 radical (unpaired) electrons. The number of likely N-dealkylation sites (tertiary alicyclic amines) is 1. The van der Waals surface area contributed by atoms with Gasteiger partial charge in [0.1, 0.15) is 0 Å². The summed E-state index contributed by atoms with van der Waals surface area (Å²) in [7, 11) is 0. The lowest BCUT2D eigenvalue weighted by atomic mass is 10.1. The van der Waals surface area contributed by atoms with Gasteiger partial charge in [0.05, 0.1) is 17.2 Å². The fraction of sp³-hybridized carbons (Fsp3) is 0.375. The van der Waals surface area contributed by atoms with Crippen molar-refractivity contribution in [3.63, 3.8) is 0 Å². The molecule has 2 aliphatic heterocycles.